The molecule has 1 atom stereocenters. The molecule has 0 aromatic carbocycles. The van der Waals surface area contributed by atoms with E-state index in [1.54, 1.807) is 0 Å². The first-order valence-corrected chi connectivity index (χ1v) is 5.59. The molecule has 0 saturated carbocycles. The highest BCUT2D eigenvalue weighted by atomic mass is 32.2. The molecule has 2 nitrogen and oxygen atoms in total. The SMILES string of the molecule is CC(=O)OCCCC1CCCS1. The third-order valence-corrected chi connectivity index (χ3v) is 3.47. The molecule has 0 bridgehead atoms. The zero-order valence-electron chi connectivity index (χ0n) is 7.54. The second-order valence-corrected chi connectivity index (χ2v) is 4.53. The Balaban J connectivity index is 1.91. The van der Waals surface area contributed by atoms with Gasteiger partial charge in [-0.05, 0) is 31.4 Å². The average molecular weight is 188 g/mol. The fourth-order valence-electron chi connectivity index (χ4n) is 1.40. The first-order chi connectivity index (χ1) is 5.79. The quantitative estimate of drug-likeness (QED) is 0.500. The fourth-order valence-corrected chi connectivity index (χ4v) is 2.73. The van der Waals surface area contributed by atoms with Crippen LogP contribution in [0.15, 0.2) is 0 Å². The second kappa shape index (κ2) is 5.46. The van der Waals surface area contributed by atoms with Crippen LogP contribution in [-0.2, 0) is 9.53 Å². The van der Waals surface area contributed by atoms with Crippen molar-refractivity contribution < 1.29 is 9.53 Å². The van der Waals surface area contributed by atoms with Gasteiger partial charge in [-0.15, -0.1) is 0 Å². The Kier molecular flexibility index (Phi) is 4.51. The van der Waals surface area contributed by atoms with E-state index in [0.29, 0.717) is 6.61 Å². The van der Waals surface area contributed by atoms with Gasteiger partial charge < -0.3 is 4.74 Å². The van der Waals surface area contributed by atoms with E-state index in [9.17, 15) is 4.79 Å². The smallest absolute Gasteiger partial charge is 0.302 e. The molecule has 3 heteroatoms. The zero-order valence-corrected chi connectivity index (χ0v) is 8.36. The molecule has 1 heterocycles. The number of rotatable bonds is 4. The van der Waals surface area contributed by atoms with Gasteiger partial charge in [-0.25, -0.2) is 0 Å². The van der Waals surface area contributed by atoms with Gasteiger partial charge in [0.1, 0.15) is 0 Å². The standard InChI is InChI=1S/C9H16O2S/c1-8(10)11-6-2-4-9-5-3-7-12-9/h9H,2-7H2,1H3. The van der Waals surface area contributed by atoms with E-state index in [1.807, 2.05) is 0 Å². The summed E-state index contributed by atoms with van der Waals surface area (Å²) in [5.41, 5.74) is 0. The summed E-state index contributed by atoms with van der Waals surface area (Å²) in [6.45, 7) is 2.07. The van der Waals surface area contributed by atoms with Gasteiger partial charge in [-0.3, -0.25) is 4.79 Å². The van der Waals surface area contributed by atoms with Crippen molar-refractivity contribution in [3.63, 3.8) is 0 Å². The molecule has 0 spiro atoms. The van der Waals surface area contributed by atoms with Crippen molar-refractivity contribution >= 4 is 17.7 Å². The molecular weight excluding hydrogens is 172 g/mol. The Morgan fingerprint density at radius 2 is 2.50 bits per heavy atom. The Labute approximate surface area is 78.1 Å². The summed E-state index contributed by atoms with van der Waals surface area (Å²) in [5.74, 6) is 1.16. The van der Waals surface area contributed by atoms with Crippen molar-refractivity contribution in [1.29, 1.82) is 0 Å². The molecule has 0 aliphatic carbocycles. The fraction of sp³-hybridized carbons (Fsp3) is 0.889. The number of carbonyl (C=O) groups excluding carboxylic acids is 1. The Hall–Kier alpha value is -0.180. The summed E-state index contributed by atoms with van der Waals surface area (Å²) in [6.07, 6.45) is 4.95. The highest BCUT2D eigenvalue weighted by Gasteiger charge is 2.14. The average Bonchev–Trinajstić information content (AvgIpc) is 2.49. The summed E-state index contributed by atoms with van der Waals surface area (Å²) in [5, 5.41) is 0.834. The van der Waals surface area contributed by atoms with E-state index < -0.39 is 0 Å². The Morgan fingerprint density at radius 3 is 3.08 bits per heavy atom. The number of carbonyl (C=O) groups is 1. The summed E-state index contributed by atoms with van der Waals surface area (Å²) in [7, 11) is 0. The lowest BCUT2D eigenvalue weighted by molar-refractivity contribution is -0.141. The maximum absolute atomic E-state index is 10.4. The van der Waals surface area contributed by atoms with Gasteiger partial charge in [0, 0.05) is 12.2 Å². The summed E-state index contributed by atoms with van der Waals surface area (Å²) < 4.78 is 4.85. The molecule has 0 radical (unpaired) electrons. The number of hydrogen-bond acceptors (Lipinski definition) is 3. The van der Waals surface area contributed by atoms with Crippen molar-refractivity contribution in [2.75, 3.05) is 12.4 Å². The first kappa shape index (κ1) is 9.90. The van der Waals surface area contributed by atoms with E-state index in [2.05, 4.69) is 11.8 Å². The van der Waals surface area contributed by atoms with Gasteiger partial charge in [0.05, 0.1) is 6.61 Å². The van der Waals surface area contributed by atoms with Crippen LogP contribution in [0.1, 0.15) is 32.6 Å². The third kappa shape index (κ3) is 4.00. The molecule has 0 aromatic rings. The minimum atomic E-state index is -0.158. The molecule has 0 aromatic heterocycles. The predicted molar refractivity (Wildman–Crippen MR) is 51.3 cm³/mol. The lowest BCUT2D eigenvalue weighted by Crippen LogP contribution is -2.03. The molecule has 1 rings (SSSR count). The highest BCUT2D eigenvalue weighted by molar-refractivity contribution is 8.00. The molecule has 1 fully saturated rings. The van der Waals surface area contributed by atoms with Crippen LogP contribution in [-0.4, -0.2) is 23.6 Å². The Bertz CT molecular complexity index is 141. The van der Waals surface area contributed by atoms with Crippen LogP contribution in [0.25, 0.3) is 0 Å². The summed E-state index contributed by atoms with van der Waals surface area (Å²) in [4.78, 5) is 10.4. The van der Waals surface area contributed by atoms with Crippen LogP contribution in [0.4, 0.5) is 0 Å². The predicted octanol–water partition coefficient (Wildman–Crippen LogP) is 2.23. The zero-order chi connectivity index (χ0) is 8.81. The minimum absolute atomic E-state index is 0.158. The van der Waals surface area contributed by atoms with E-state index in [1.165, 1.54) is 31.9 Å². The molecular formula is C9H16O2S. The van der Waals surface area contributed by atoms with Crippen molar-refractivity contribution in [1.82, 2.24) is 0 Å². The van der Waals surface area contributed by atoms with Gasteiger partial charge in [-0.2, -0.15) is 11.8 Å². The Morgan fingerprint density at radius 1 is 1.67 bits per heavy atom. The van der Waals surface area contributed by atoms with Crippen LogP contribution in [0.3, 0.4) is 0 Å². The second-order valence-electron chi connectivity index (χ2n) is 3.12. The third-order valence-electron chi connectivity index (χ3n) is 2.00. The van der Waals surface area contributed by atoms with Crippen molar-refractivity contribution in [2.45, 2.75) is 37.9 Å². The van der Waals surface area contributed by atoms with Crippen LogP contribution in [0.2, 0.25) is 0 Å². The van der Waals surface area contributed by atoms with Crippen LogP contribution < -0.4 is 0 Å². The number of thioether (sulfide) groups is 1. The number of ether oxygens (including phenoxy) is 1. The minimum Gasteiger partial charge on any atom is -0.466 e. The highest BCUT2D eigenvalue weighted by Crippen LogP contribution is 2.29. The lowest BCUT2D eigenvalue weighted by atomic mass is 10.2. The van der Waals surface area contributed by atoms with Gasteiger partial charge in [0.25, 0.3) is 0 Å². The maximum atomic E-state index is 10.4. The number of hydrogen-bond donors (Lipinski definition) is 0. The van der Waals surface area contributed by atoms with Crippen LogP contribution >= 0.6 is 11.8 Å². The number of esters is 1. The largest absolute Gasteiger partial charge is 0.466 e. The van der Waals surface area contributed by atoms with Crippen molar-refractivity contribution in [3.05, 3.63) is 0 Å². The van der Waals surface area contributed by atoms with Gasteiger partial charge in [-0.1, -0.05) is 0 Å². The molecule has 1 unspecified atom stereocenters. The van der Waals surface area contributed by atoms with Gasteiger partial charge in [0.2, 0.25) is 0 Å². The monoisotopic (exact) mass is 188 g/mol. The van der Waals surface area contributed by atoms with Gasteiger partial charge >= 0.3 is 5.97 Å². The topological polar surface area (TPSA) is 26.3 Å². The maximum Gasteiger partial charge on any atom is 0.302 e. The molecule has 12 heavy (non-hydrogen) atoms. The normalized spacial score (nSPS) is 22.6. The molecule has 1 aliphatic rings. The summed E-state index contributed by atoms with van der Waals surface area (Å²) >= 11 is 2.06. The van der Waals surface area contributed by atoms with Crippen LogP contribution in [0, 0.1) is 0 Å². The van der Waals surface area contributed by atoms with Crippen molar-refractivity contribution in [2.24, 2.45) is 0 Å². The lowest BCUT2D eigenvalue weighted by Gasteiger charge is -2.07. The van der Waals surface area contributed by atoms with E-state index in [-0.39, 0.29) is 5.97 Å². The molecule has 1 saturated heterocycles. The molecule has 70 valence electrons. The van der Waals surface area contributed by atoms with E-state index in [0.717, 1.165) is 11.7 Å². The van der Waals surface area contributed by atoms with E-state index in [4.69, 9.17) is 4.74 Å². The van der Waals surface area contributed by atoms with Crippen molar-refractivity contribution in [3.8, 4) is 0 Å². The van der Waals surface area contributed by atoms with Gasteiger partial charge in [0.15, 0.2) is 0 Å². The summed E-state index contributed by atoms with van der Waals surface area (Å²) in [6, 6.07) is 0. The molecule has 1 aliphatic heterocycles. The molecule has 0 amide bonds. The van der Waals surface area contributed by atoms with Crippen LogP contribution in [0.5, 0.6) is 0 Å². The van der Waals surface area contributed by atoms with E-state index >= 15 is 0 Å². The molecule has 0 N–H and O–H groups in total. The first-order valence-electron chi connectivity index (χ1n) is 4.54.